The van der Waals surface area contributed by atoms with Gasteiger partial charge in [0.25, 0.3) is 0 Å². The van der Waals surface area contributed by atoms with Gasteiger partial charge in [-0.3, -0.25) is 0 Å². The van der Waals surface area contributed by atoms with Crippen LogP contribution in [0.5, 0.6) is 5.75 Å². The number of hydrogen-bond acceptors (Lipinski definition) is 9. The second-order valence-corrected chi connectivity index (χ2v) is 10.9. The zero-order valence-corrected chi connectivity index (χ0v) is 12.3. The standard InChI is InChI=1S/C6H17N8OP3/c7-17(8)12-16-13-18(9,10,11)14(17)15-6-4-2-1-3-5-6/h1-5,13,16H,7-11H2. The maximum absolute atomic E-state index is 5.98. The third kappa shape index (κ3) is 2.87. The molecule has 0 radical (unpaired) electrons. The number of hydrogen-bond donors (Lipinski definition) is 6. The third-order valence-corrected chi connectivity index (χ3v) is 9.65. The zero-order valence-electron chi connectivity index (χ0n) is 9.47. The molecule has 102 valence electrons. The van der Waals surface area contributed by atoms with Gasteiger partial charge in [-0.25, -0.2) is 0 Å². The van der Waals surface area contributed by atoms with Crippen LogP contribution in [-0.4, -0.2) is 4.60 Å². The van der Waals surface area contributed by atoms with Crippen LogP contribution in [0, 0.1) is 0 Å². The Balaban J connectivity index is 2.38. The van der Waals surface area contributed by atoms with Crippen molar-refractivity contribution in [3.05, 3.63) is 30.3 Å². The van der Waals surface area contributed by atoms with E-state index in [4.69, 9.17) is 32.4 Å². The monoisotopic (exact) mass is 310 g/mol. The average Bonchev–Trinajstić information content (AvgIpc) is 2.24. The molecule has 1 unspecified atom stereocenters. The molecule has 12 heteroatoms. The van der Waals surface area contributed by atoms with Crippen LogP contribution in [0.2, 0.25) is 0 Å². The second-order valence-electron chi connectivity index (χ2n) is 3.96. The van der Waals surface area contributed by atoms with Crippen LogP contribution in [0.4, 0.5) is 0 Å². The zero-order chi connectivity index (χ0) is 13.5. The van der Waals surface area contributed by atoms with Crippen LogP contribution in [0.25, 0.3) is 0 Å². The molecule has 18 heavy (non-hydrogen) atoms. The quantitative estimate of drug-likeness (QED) is 0.423. The van der Waals surface area contributed by atoms with Crippen LogP contribution < -0.4 is 37.2 Å². The van der Waals surface area contributed by atoms with Crippen molar-refractivity contribution in [2.45, 2.75) is 0 Å². The fourth-order valence-corrected chi connectivity index (χ4v) is 7.91. The summed E-state index contributed by atoms with van der Waals surface area (Å²) in [5.74, 6) is 0.482. The Kier molecular flexibility index (Phi) is 3.51. The molecule has 1 heterocycles. The van der Waals surface area contributed by atoms with Crippen molar-refractivity contribution >= 4 is 23.7 Å². The van der Waals surface area contributed by atoms with E-state index in [1.807, 2.05) is 6.07 Å². The molecule has 0 fully saturated rings. The van der Waals surface area contributed by atoms with Crippen molar-refractivity contribution in [3.8, 4) is 5.75 Å². The predicted molar refractivity (Wildman–Crippen MR) is 77.6 cm³/mol. The Morgan fingerprint density at radius 2 is 1.83 bits per heavy atom. The molecule has 1 aromatic carbocycles. The maximum atomic E-state index is 5.98. The molecule has 0 bridgehead atoms. The van der Waals surface area contributed by atoms with E-state index >= 15 is 0 Å². The summed E-state index contributed by atoms with van der Waals surface area (Å²) >= 11 is 0. The minimum atomic E-state index is -3.93. The number of benzene rings is 1. The first-order valence-electron chi connectivity index (χ1n) is 4.89. The first-order chi connectivity index (χ1) is 8.19. The molecule has 0 aromatic heterocycles. The second kappa shape index (κ2) is 4.44. The summed E-state index contributed by atoms with van der Waals surface area (Å²) in [6, 6.07) is 8.84. The topological polar surface area (TPSA) is 167 Å². The van der Waals surface area contributed by atoms with Crippen molar-refractivity contribution in [1.82, 2.24) is 9.46 Å². The molecule has 1 aliphatic heterocycles. The van der Waals surface area contributed by atoms with Gasteiger partial charge >= 0.3 is 106 Å². The Labute approximate surface area is 107 Å². The number of nitrogens with zero attached hydrogens (tertiary/aromatic N) is 2. The Morgan fingerprint density at radius 1 is 1.22 bits per heavy atom. The third-order valence-electron chi connectivity index (χ3n) is 2.09. The van der Waals surface area contributed by atoms with Gasteiger partial charge in [-0.2, -0.15) is 0 Å². The van der Waals surface area contributed by atoms with E-state index in [0.29, 0.717) is 5.75 Å². The molecule has 0 amide bonds. The molecule has 1 aromatic rings. The normalized spacial score (nSPS) is 28.8. The number of nitrogens with two attached hydrogens (primary N) is 5. The molecule has 0 aliphatic carbocycles. The molecule has 2 rings (SSSR count). The average molecular weight is 310 g/mol. The van der Waals surface area contributed by atoms with E-state index in [9.17, 15) is 0 Å². The molecular weight excluding hydrogens is 293 g/mol. The molecular formula is C6H17N8OP3. The van der Waals surface area contributed by atoms with Crippen LogP contribution in [0.1, 0.15) is 0 Å². The van der Waals surface area contributed by atoms with Crippen molar-refractivity contribution in [2.24, 2.45) is 32.0 Å². The molecule has 1 atom stereocenters. The van der Waals surface area contributed by atoms with Gasteiger partial charge in [-0.15, -0.1) is 0 Å². The summed E-state index contributed by atoms with van der Waals surface area (Å²) in [4.78, 5) is 8.31. The summed E-state index contributed by atoms with van der Waals surface area (Å²) in [5.41, 5.74) is 29.8. The van der Waals surface area contributed by atoms with E-state index < -0.39 is 14.9 Å². The summed E-state index contributed by atoms with van der Waals surface area (Å²) in [6.45, 7) is 0. The van der Waals surface area contributed by atoms with Gasteiger partial charge in [-0.1, -0.05) is 0 Å². The van der Waals surface area contributed by atoms with Gasteiger partial charge in [0.05, 0.1) is 0 Å². The Hall–Kier alpha value is -0.170. The van der Waals surface area contributed by atoms with Crippen molar-refractivity contribution in [1.29, 1.82) is 0 Å². The minimum absolute atomic E-state index is 0.142. The summed E-state index contributed by atoms with van der Waals surface area (Å²) in [5, 5.41) is 0. The van der Waals surface area contributed by atoms with Gasteiger partial charge in [0.1, 0.15) is 0 Å². The first kappa shape index (κ1) is 14.2. The molecule has 0 saturated heterocycles. The van der Waals surface area contributed by atoms with Gasteiger partial charge < -0.3 is 0 Å². The van der Waals surface area contributed by atoms with Crippen LogP contribution >= 0.6 is 23.7 Å². The van der Waals surface area contributed by atoms with Gasteiger partial charge in [0.2, 0.25) is 0 Å². The van der Waals surface area contributed by atoms with E-state index in [1.165, 1.54) is 0 Å². The van der Waals surface area contributed by atoms with Crippen molar-refractivity contribution in [3.63, 3.8) is 0 Å². The van der Waals surface area contributed by atoms with E-state index in [2.05, 4.69) is 9.37 Å². The van der Waals surface area contributed by atoms with Crippen LogP contribution in [0.15, 0.2) is 34.8 Å². The van der Waals surface area contributed by atoms with Crippen molar-refractivity contribution < 1.29 is 4.84 Å². The predicted octanol–water partition coefficient (Wildman–Crippen LogP) is 0.262. The van der Waals surface area contributed by atoms with Crippen molar-refractivity contribution in [2.75, 3.05) is 0 Å². The summed E-state index contributed by atoms with van der Waals surface area (Å²) < 4.78 is 5.12. The first-order valence-corrected chi connectivity index (χ1v) is 10.1. The fourth-order valence-electron chi connectivity index (χ4n) is 1.34. The van der Waals surface area contributed by atoms with Crippen LogP contribution in [0.3, 0.4) is 0 Å². The molecule has 0 saturated carbocycles. The van der Waals surface area contributed by atoms with Gasteiger partial charge in [0, 0.05) is 0 Å². The molecule has 0 spiro atoms. The SMILES string of the molecule is NP1(N)=NPNP(N)(N)(N)N1Oc1ccccc1. The van der Waals surface area contributed by atoms with Gasteiger partial charge in [-0.05, 0) is 0 Å². The van der Waals surface area contributed by atoms with E-state index in [0.717, 1.165) is 4.60 Å². The summed E-state index contributed by atoms with van der Waals surface area (Å²) in [7, 11) is -7.01. The van der Waals surface area contributed by atoms with Crippen LogP contribution in [-0.2, 0) is 0 Å². The van der Waals surface area contributed by atoms with E-state index in [1.54, 1.807) is 24.3 Å². The fraction of sp³-hybridized carbons (Fsp3) is 0. The Bertz CT molecular complexity index is 493. The molecule has 1 aliphatic rings. The Morgan fingerprint density at radius 3 is 2.39 bits per heavy atom. The van der Waals surface area contributed by atoms with Gasteiger partial charge in [0.15, 0.2) is 0 Å². The number of rotatable bonds is 2. The molecule has 9 nitrogen and oxygen atoms in total. The number of nitrogens with one attached hydrogen (secondary N) is 1. The number of para-hydroxylation sites is 1. The molecule has 11 N–H and O–H groups in total. The summed E-state index contributed by atoms with van der Waals surface area (Å²) in [6.07, 6.45) is 0. The van der Waals surface area contributed by atoms with E-state index in [-0.39, 0.29) is 8.88 Å².